The molecule has 4 nitrogen and oxygen atoms in total. The first kappa shape index (κ1) is 9.84. The van der Waals surface area contributed by atoms with Gasteiger partial charge >= 0.3 is 0 Å². The predicted molar refractivity (Wildman–Crippen MR) is 66.3 cm³/mol. The SMILES string of the molecule is Cc1ccccc1Nc1ncnc2occc12. The molecule has 4 heteroatoms. The van der Waals surface area contributed by atoms with Crippen LogP contribution in [0.4, 0.5) is 11.5 Å². The molecule has 0 bridgehead atoms. The summed E-state index contributed by atoms with van der Waals surface area (Å²) in [5.74, 6) is 0.762. The van der Waals surface area contributed by atoms with Gasteiger partial charge in [0.15, 0.2) is 0 Å². The van der Waals surface area contributed by atoms with Crippen LogP contribution in [0, 0.1) is 6.92 Å². The van der Waals surface area contributed by atoms with Gasteiger partial charge in [0.05, 0.1) is 11.6 Å². The first-order valence-corrected chi connectivity index (χ1v) is 5.35. The number of hydrogen-bond donors (Lipinski definition) is 1. The quantitative estimate of drug-likeness (QED) is 0.727. The summed E-state index contributed by atoms with van der Waals surface area (Å²) in [7, 11) is 0. The Balaban J connectivity index is 2.06. The van der Waals surface area contributed by atoms with Gasteiger partial charge in [0.25, 0.3) is 0 Å². The lowest BCUT2D eigenvalue weighted by atomic mass is 10.2. The van der Waals surface area contributed by atoms with Crippen LogP contribution in [-0.2, 0) is 0 Å². The van der Waals surface area contributed by atoms with E-state index in [9.17, 15) is 0 Å². The number of anilines is 2. The molecule has 0 fully saturated rings. The molecule has 17 heavy (non-hydrogen) atoms. The largest absolute Gasteiger partial charge is 0.446 e. The summed E-state index contributed by atoms with van der Waals surface area (Å²) in [6.07, 6.45) is 3.11. The average Bonchev–Trinajstić information content (AvgIpc) is 2.81. The summed E-state index contributed by atoms with van der Waals surface area (Å²) in [6, 6.07) is 9.92. The Morgan fingerprint density at radius 2 is 2.00 bits per heavy atom. The number of hydrogen-bond acceptors (Lipinski definition) is 4. The van der Waals surface area contributed by atoms with Crippen LogP contribution in [0.3, 0.4) is 0 Å². The van der Waals surface area contributed by atoms with Crippen LogP contribution in [0.25, 0.3) is 11.1 Å². The van der Waals surface area contributed by atoms with Crippen LogP contribution in [0.15, 0.2) is 47.3 Å². The number of nitrogens with zero attached hydrogens (tertiary/aromatic N) is 2. The molecule has 0 saturated carbocycles. The van der Waals surface area contributed by atoms with Gasteiger partial charge in [-0.25, -0.2) is 9.97 Å². The van der Waals surface area contributed by atoms with Gasteiger partial charge in [-0.2, -0.15) is 0 Å². The van der Waals surface area contributed by atoms with Crippen LogP contribution in [-0.4, -0.2) is 9.97 Å². The molecule has 3 rings (SSSR count). The first-order valence-electron chi connectivity index (χ1n) is 5.35. The minimum Gasteiger partial charge on any atom is -0.446 e. The smallest absolute Gasteiger partial charge is 0.231 e. The van der Waals surface area contributed by atoms with Crippen LogP contribution in [0.2, 0.25) is 0 Å². The zero-order valence-corrected chi connectivity index (χ0v) is 9.34. The Hall–Kier alpha value is -2.36. The molecule has 1 aromatic carbocycles. The van der Waals surface area contributed by atoms with Crippen molar-refractivity contribution >= 4 is 22.6 Å². The summed E-state index contributed by atoms with van der Waals surface area (Å²) < 4.78 is 5.24. The molecule has 1 N–H and O–H groups in total. The van der Waals surface area contributed by atoms with Gasteiger partial charge in [-0.05, 0) is 24.6 Å². The minimum atomic E-state index is 0.594. The molecule has 2 heterocycles. The van der Waals surface area contributed by atoms with E-state index in [4.69, 9.17) is 4.42 Å². The Morgan fingerprint density at radius 3 is 2.88 bits per heavy atom. The number of rotatable bonds is 2. The van der Waals surface area contributed by atoms with E-state index in [1.165, 1.54) is 11.9 Å². The van der Waals surface area contributed by atoms with E-state index in [-0.39, 0.29) is 0 Å². The molecular formula is C13H11N3O. The fourth-order valence-electron chi connectivity index (χ4n) is 1.73. The Morgan fingerprint density at radius 1 is 1.12 bits per heavy atom. The first-order chi connectivity index (χ1) is 8.34. The van der Waals surface area contributed by atoms with Gasteiger partial charge in [-0.1, -0.05) is 18.2 Å². The van der Waals surface area contributed by atoms with Crippen molar-refractivity contribution in [3.8, 4) is 0 Å². The molecule has 84 valence electrons. The van der Waals surface area contributed by atoms with Crippen molar-refractivity contribution in [1.29, 1.82) is 0 Å². The summed E-state index contributed by atoms with van der Waals surface area (Å²) in [5, 5.41) is 4.18. The van der Waals surface area contributed by atoms with Crippen LogP contribution in [0.5, 0.6) is 0 Å². The third-order valence-corrected chi connectivity index (χ3v) is 2.66. The van der Waals surface area contributed by atoms with Crippen molar-refractivity contribution in [2.45, 2.75) is 6.92 Å². The van der Waals surface area contributed by atoms with E-state index in [1.807, 2.05) is 24.3 Å². The second kappa shape index (κ2) is 3.90. The third kappa shape index (κ3) is 1.73. The Kier molecular flexibility index (Phi) is 2.26. The topological polar surface area (TPSA) is 51.0 Å². The van der Waals surface area contributed by atoms with Crippen molar-refractivity contribution < 1.29 is 4.42 Å². The molecule has 2 aromatic heterocycles. The molecule has 0 aliphatic heterocycles. The Bertz CT molecular complexity index is 660. The van der Waals surface area contributed by atoms with Crippen LogP contribution in [0.1, 0.15) is 5.56 Å². The number of aryl methyl sites for hydroxylation is 1. The van der Waals surface area contributed by atoms with Crippen molar-refractivity contribution in [2.24, 2.45) is 0 Å². The number of aromatic nitrogens is 2. The van der Waals surface area contributed by atoms with Gasteiger partial charge in [-0.3, -0.25) is 0 Å². The second-order valence-electron chi connectivity index (χ2n) is 3.80. The highest BCUT2D eigenvalue weighted by atomic mass is 16.3. The Labute approximate surface area is 98.3 Å². The fraction of sp³-hybridized carbons (Fsp3) is 0.0769. The van der Waals surface area contributed by atoms with E-state index < -0.39 is 0 Å². The third-order valence-electron chi connectivity index (χ3n) is 2.66. The summed E-state index contributed by atoms with van der Waals surface area (Å²) in [6.45, 7) is 2.05. The molecule has 0 unspecified atom stereocenters. The lowest BCUT2D eigenvalue weighted by Crippen LogP contribution is -1.96. The van der Waals surface area contributed by atoms with E-state index in [1.54, 1.807) is 6.26 Å². The zero-order chi connectivity index (χ0) is 11.7. The number of fused-ring (bicyclic) bond motifs is 1. The maximum absolute atomic E-state index is 5.24. The summed E-state index contributed by atoms with van der Waals surface area (Å²) in [5.41, 5.74) is 2.80. The van der Waals surface area contributed by atoms with E-state index in [0.717, 1.165) is 16.9 Å². The number of nitrogens with one attached hydrogen (secondary N) is 1. The van der Waals surface area contributed by atoms with Crippen molar-refractivity contribution in [1.82, 2.24) is 9.97 Å². The van der Waals surface area contributed by atoms with Crippen LogP contribution >= 0.6 is 0 Å². The molecule has 0 aliphatic rings. The second-order valence-corrected chi connectivity index (χ2v) is 3.80. The van der Waals surface area contributed by atoms with Gasteiger partial charge in [0.2, 0.25) is 5.71 Å². The number of benzene rings is 1. The fourth-order valence-corrected chi connectivity index (χ4v) is 1.73. The van der Waals surface area contributed by atoms with Gasteiger partial charge in [-0.15, -0.1) is 0 Å². The summed E-state index contributed by atoms with van der Waals surface area (Å²) in [4.78, 5) is 8.28. The molecule has 0 radical (unpaired) electrons. The zero-order valence-electron chi connectivity index (χ0n) is 9.34. The van der Waals surface area contributed by atoms with Gasteiger partial charge in [0, 0.05) is 5.69 Å². The summed E-state index contributed by atoms with van der Waals surface area (Å²) >= 11 is 0. The monoisotopic (exact) mass is 225 g/mol. The standard InChI is InChI=1S/C13H11N3O/c1-9-4-2-3-5-11(9)16-12-10-6-7-17-13(10)15-8-14-12/h2-8H,1H3,(H,14,15,16). The van der Waals surface area contributed by atoms with E-state index >= 15 is 0 Å². The van der Waals surface area contributed by atoms with E-state index in [0.29, 0.717) is 5.71 Å². The van der Waals surface area contributed by atoms with E-state index in [2.05, 4.69) is 28.3 Å². The highest BCUT2D eigenvalue weighted by molar-refractivity contribution is 5.87. The van der Waals surface area contributed by atoms with Crippen molar-refractivity contribution in [3.05, 3.63) is 48.5 Å². The lowest BCUT2D eigenvalue weighted by molar-refractivity contribution is 0.602. The average molecular weight is 225 g/mol. The molecule has 3 aromatic rings. The molecule has 0 spiro atoms. The lowest BCUT2D eigenvalue weighted by Gasteiger charge is -2.08. The minimum absolute atomic E-state index is 0.594. The molecule has 0 atom stereocenters. The van der Waals surface area contributed by atoms with Crippen molar-refractivity contribution in [2.75, 3.05) is 5.32 Å². The van der Waals surface area contributed by atoms with Crippen LogP contribution < -0.4 is 5.32 Å². The maximum atomic E-state index is 5.24. The number of furan rings is 1. The molecule has 0 amide bonds. The normalized spacial score (nSPS) is 10.6. The van der Waals surface area contributed by atoms with Gasteiger partial charge in [0.1, 0.15) is 12.1 Å². The number of para-hydroxylation sites is 1. The molecular weight excluding hydrogens is 214 g/mol. The molecule has 0 saturated heterocycles. The van der Waals surface area contributed by atoms with Gasteiger partial charge < -0.3 is 9.73 Å². The predicted octanol–water partition coefficient (Wildman–Crippen LogP) is 3.27. The highest BCUT2D eigenvalue weighted by Crippen LogP contribution is 2.24. The maximum Gasteiger partial charge on any atom is 0.231 e. The van der Waals surface area contributed by atoms with Crippen molar-refractivity contribution in [3.63, 3.8) is 0 Å². The molecule has 0 aliphatic carbocycles. The highest BCUT2D eigenvalue weighted by Gasteiger charge is 2.06.